The predicted molar refractivity (Wildman–Crippen MR) is 118 cm³/mol. The fraction of sp³-hybridized carbons (Fsp3) is 0.150. The van der Waals surface area contributed by atoms with Crippen LogP contribution in [0.5, 0.6) is 0 Å². The number of imidazole rings is 1. The molecule has 4 rings (SSSR count). The third-order valence-corrected chi connectivity index (χ3v) is 4.53. The predicted octanol–water partition coefficient (Wildman–Crippen LogP) is 6.44. The van der Waals surface area contributed by atoms with E-state index in [4.69, 9.17) is 40.5 Å². The number of nitrogens with two attached hydrogens (primary N) is 1. The van der Waals surface area contributed by atoms with Crippen molar-refractivity contribution in [2.45, 2.75) is 20.3 Å². The molecule has 0 amide bonds. The van der Waals surface area contributed by atoms with Crippen molar-refractivity contribution in [3.05, 3.63) is 63.9 Å². The van der Waals surface area contributed by atoms with Gasteiger partial charge in [0.2, 0.25) is 0 Å². The highest BCUT2D eigenvalue weighted by atomic mass is 35.5. The number of aromatic nitrogens is 4. The van der Waals surface area contributed by atoms with Crippen LogP contribution in [0, 0.1) is 0 Å². The van der Waals surface area contributed by atoms with Gasteiger partial charge in [0, 0.05) is 21.3 Å². The molecule has 5 nitrogen and oxygen atoms in total. The van der Waals surface area contributed by atoms with E-state index in [1.54, 1.807) is 24.3 Å². The first-order valence-electron chi connectivity index (χ1n) is 8.66. The van der Waals surface area contributed by atoms with Crippen LogP contribution in [0.4, 0.5) is 5.82 Å². The molecule has 0 aliphatic rings. The van der Waals surface area contributed by atoms with Crippen molar-refractivity contribution in [2.24, 2.45) is 0 Å². The minimum Gasteiger partial charge on any atom is -0.382 e. The zero-order valence-corrected chi connectivity index (χ0v) is 17.6. The summed E-state index contributed by atoms with van der Waals surface area (Å²) < 4.78 is 1.86. The molecule has 28 heavy (non-hydrogen) atoms. The molecule has 4 aromatic rings. The summed E-state index contributed by atoms with van der Waals surface area (Å²) in [5, 5.41) is 1.65. The van der Waals surface area contributed by atoms with Crippen LogP contribution >= 0.6 is 34.8 Å². The summed E-state index contributed by atoms with van der Waals surface area (Å²) in [4.78, 5) is 13.0. The van der Waals surface area contributed by atoms with Crippen LogP contribution in [0.15, 0.2) is 48.8 Å². The lowest BCUT2D eigenvalue weighted by Gasteiger charge is -2.10. The molecule has 0 spiro atoms. The van der Waals surface area contributed by atoms with E-state index >= 15 is 0 Å². The van der Waals surface area contributed by atoms with Crippen LogP contribution in [-0.4, -0.2) is 19.5 Å². The number of nitrogens with zero attached hydrogens (tertiary/aromatic N) is 4. The first-order valence-corrected chi connectivity index (χ1v) is 9.79. The molecule has 2 N–H and O–H groups in total. The molecule has 0 fully saturated rings. The average molecular weight is 435 g/mol. The Morgan fingerprint density at radius 3 is 2.21 bits per heavy atom. The number of hydrogen-bond donors (Lipinski definition) is 1. The van der Waals surface area contributed by atoms with E-state index < -0.39 is 0 Å². The zero-order valence-electron chi connectivity index (χ0n) is 15.3. The van der Waals surface area contributed by atoms with Crippen molar-refractivity contribution in [3.63, 3.8) is 0 Å². The Labute approximate surface area is 178 Å². The number of rotatable bonds is 2. The summed E-state index contributed by atoms with van der Waals surface area (Å²) >= 11 is 18.4. The third kappa shape index (κ3) is 4.07. The van der Waals surface area contributed by atoms with Crippen LogP contribution < -0.4 is 5.73 Å². The molecule has 0 aliphatic carbocycles. The molecule has 0 saturated heterocycles. The Kier molecular flexibility index (Phi) is 6.39. The van der Waals surface area contributed by atoms with E-state index in [0.717, 1.165) is 5.69 Å². The summed E-state index contributed by atoms with van der Waals surface area (Å²) in [5.41, 5.74) is 8.59. The number of hydrogen-bond acceptors (Lipinski definition) is 4. The topological polar surface area (TPSA) is 69.6 Å². The largest absolute Gasteiger partial charge is 0.382 e. The molecule has 0 radical (unpaired) electrons. The zero-order chi connectivity index (χ0) is 20.3. The molecule has 2 aromatic carbocycles. The first-order chi connectivity index (χ1) is 13.5. The van der Waals surface area contributed by atoms with Gasteiger partial charge < -0.3 is 5.73 Å². The van der Waals surface area contributed by atoms with Gasteiger partial charge in [-0.05, 0) is 42.5 Å². The lowest BCUT2D eigenvalue weighted by Crippen LogP contribution is -1.99. The molecule has 144 valence electrons. The summed E-state index contributed by atoms with van der Waals surface area (Å²) in [6.45, 7) is 4.25. The van der Waals surface area contributed by atoms with Crippen molar-refractivity contribution in [2.75, 3.05) is 5.73 Å². The van der Waals surface area contributed by atoms with Crippen molar-refractivity contribution in [3.8, 4) is 17.1 Å². The molecule has 2 heterocycles. The lowest BCUT2D eigenvalue weighted by atomic mass is 10.2. The van der Waals surface area contributed by atoms with E-state index in [0.29, 0.717) is 43.4 Å². The van der Waals surface area contributed by atoms with Gasteiger partial charge in [-0.15, -0.1) is 0 Å². The third-order valence-electron chi connectivity index (χ3n) is 3.73. The van der Waals surface area contributed by atoms with E-state index in [9.17, 15) is 0 Å². The fourth-order valence-electron chi connectivity index (χ4n) is 2.60. The van der Waals surface area contributed by atoms with Gasteiger partial charge in [-0.25, -0.2) is 15.0 Å². The second-order valence-electron chi connectivity index (χ2n) is 6.01. The molecule has 0 aliphatic heterocycles. The number of fused-ring (bicyclic) bond motifs is 1. The molecule has 0 unspecified atom stereocenters. The highest BCUT2D eigenvalue weighted by Crippen LogP contribution is 2.34. The molecular formula is C20H18Cl3N5. The summed E-state index contributed by atoms with van der Waals surface area (Å²) in [5.74, 6) is 0.884. The van der Waals surface area contributed by atoms with Gasteiger partial charge in [0.1, 0.15) is 12.2 Å². The number of halogens is 3. The van der Waals surface area contributed by atoms with E-state index in [1.165, 1.54) is 12.7 Å². The van der Waals surface area contributed by atoms with Gasteiger partial charge in [-0.3, -0.25) is 4.57 Å². The standard InChI is InChI=1S/C17H10Cl3N5.C3H8/c18-9-1-4-11(5-2-9)25-16(12-6-3-10(19)7-13(12)20)24-14-15(21)22-8-23-17(14)25;1-3-2/h1-8H,(H2,21,22,23);3H2,1-2H3. The summed E-state index contributed by atoms with van der Waals surface area (Å²) in [6.07, 6.45) is 2.65. The highest BCUT2D eigenvalue weighted by Gasteiger charge is 2.19. The van der Waals surface area contributed by atoms with E-state index in [2.05, 4.69) is 28.8 Å². The first kappa shape index (κ1) is 20.4. The quantitative estimate of drug-likeness (QED) is 0.394. The maximum Gasteiger partial charge on any atom is 0.170 e. The second kappa shape index (κ2) is 8.78. The molecule has 8 heteroatoms. The number of benzene rings is 2. The van der Waals surface area contributed by atoms with Crippen LogP contribution in [0.2, 0.25) is 15.1 Å². The van der Waals surface area contributed by atoms with Crippen LogP contribution in [0.25, 0.3) is 28.2 Å². The number of nitrogen functional groups attached to an aromatic ring is 1. The van der Waals surface area contributed by atoms with Crippen LogP contribution in [0.3, 0.4) is 0 Å². The van der Waals surface area contributed by atoms with Crippen molar-refractivity contribution in [1.82, 2.24) is 19.5 Å². The monoisotopic (exact) mass is 433 g/mol. The van der Waals surface area contributed by atoms with E-state index in [-0.39, 0.29) is 0 Å². The van der Waals surface area contributed by atoms with Crippen molar-refractivity contribution >= 4 is 51.8 Å². The Morgan fingerprint density at radius 2 is 1.57 bits per heavy atom. The van der Waals surface area contributed by atoms with Gasteiger partial charge in [-0.1, -0.05) is 55.1 Å². The maximum atomic E-state index is 6.39. The fourth-order valence-corrected chi connectivity index (χ4v) is 3.21. The molecule has 0 atom stereocenters. The lowest BCUT2D eigenvalue weighted by molar-refractivity contribution is 1.07. The van der Waals surface area contributed by atoms with E-state index in [1.807, 2.05) is 22.8 Å². The Balaban J connectivity index is 0.000000706. The summed E-state index contributed by atoms with van der Waals surface area (Å²) in [6, 6.07) is 12.6. The highest BCUT2D eigenvalue weighted by molar-refractivity contribution is 6.36. The molecule has 0 saturated carbocycles. The average Bonchev–Trinajstić information content (AvgIpc) is 3.04. The van der Waals surface area contributed by atoms with Gasteiger partial charge in [0.25, 0.3) is 0 Å². The Hall–Kier alpha value is -2.34. The van der Waals surface area contributed by atoms with Gasteiger partial charge in [-0.2, -0.15) is 0 Å². The van der Waals surface area contributed by atoms with Crippen molar-refractivity contribution in [1.29, 1.82) is 0 Å². The van der Waals surface area contributed by atoms with Gasteiger partial charge in [0.15, 0.2) is 17.0 Å². The van der Waals surface area contributed by atoms with Crippen LogP contribution in [-0.2, 0) is 0 Å². The SMILES string of the molecule is CCC.Nc1ncnc2c1nc(-c1ccc(Cl)cc1Cl)n2-c1ccc(Cl)cc1. The Bertz CT molecular complexity index is 1110. The normalized spacial score (nSPS) is 10.6. The van der Waals surface area contributed by atoms with Crippen LogP contribution in [0.1, 0.15) is 20.3 Å². The smallest absolute Gasteiger partial charge is 0.170 e. The maximum absolute atomic E-state index is 6.39. The molecule has 0 bridgehead atoms. The Morgan fingerprint density at radius 1 is 0.929 bits per heavy atom. The second-order valence-corrected chi connectivity index (χ2v) is 7.29. The van der Waals surface area contributed by atoms with Gasteiger partial charge in [0.05, 0.1) is 5.02 Å². The molecule has 2 aromatic heterocycles. The number of anilines is 1. The van der Waals surface area contributed by atoms with Gasteiger partial charge >= 0.3 is 0 Å². The minimum absolute atomic E-state index is 0.295. The summed E-state index contributed by atoms with van der Waals surface area (Å²) in [7, 11) is 0. The minimum atomic E-state index is 0.295. The van der Waals surface area contributed by atoms with Crippen molar-refractivity contribution < 1.29 is 0 Å². The molecular weight excluding hydrogens is 417 g/mol.